The monoisotopic (exact) mass is 449 g/mol. The number of hydrogen-bond acceptors (Lipinski definition) is 4. The zero-order valence-electron chi connectivity index (χ0n) is 19.1. The fourth-order valence-corrected chi connectivity index (χ4v) is 3.37. The average molecular weight is 450 g/mol. The van der Waals surface area contributed by atoms with Crippen LogP contribution in [0.3, 0.4) is 0 Å². The van der Waals surface area contributed by atoms with E-state index >= 15 is 8.78 Å². The summed E-state index contributed by atoms with van der Waals surface area (Å²) in [5.74, 6) is -4.46. The number of halogens is 3. The van der Waals surface area contributed by atoms with Crippen LogP contribution in [0.25, 0.3) is 0 Å². The molecule has 1 unspecified atom stereocenters. The quantitative estimate of drug-likeness (QED) is 0.242. The first-order valence-electron chi connectivity index (χ1n) is 10.3. The van der Waals surface area contributed by atoms with E-state index in [4.69, 9.17) is 4.74 Å². The normalized spacial score (nSPS) is 14.3. The van der Waals surface area contributed by atoms with Crippen LogP contribution >= 0.6 is 0 Å². The van der Waals surface area contributed by atoms with E-state index < -0.39 is 23.9 Å². The van der Waals surface area contributed by atoms with Crippen molar-refractivity contribution in [1.29, 1.82) is 0 Å². The van der Waals surface area contributed by atoms with Gasteiger partial charge < -0.3 is 14.7 Å². The molecule has 0 bridgehead atoms. The summed E-state index contributed by atoms with van der Waals surface area (Å²) in [4.78, 5) is 9.78. The van der Waals surface area contributed by atoms with Crippen LogP contribution in [-0.4, -0.2) is 48.0 Å². The minimum Gasteiger partial charge on any atom is -0.380 e. The van der Waals surface area contributed by atoms with Crippen LogP contribution in [0.2, 0.25) is 0 Å². The smallest absolute Gasteiger partial charge is 0.298 e. The van der Waals surface area contributed by atoms with Crippen molar-refractivity contribution < 1.29 is 23.0 Å². The zero-order chi connectivity index (χ0) is 23.9. The van der Waals surface area contributed by atoms with Crippen molar-refractivity contribution >= 4 is 12.0 Å². The second kappa shape index (κ2) is 10.7. The van der Waals surface area contributed by atoms with Gasteiger partial charge in [0.2, 0.25) is 5.95 Å². The molecular formula is C24H30F3N3O2. The number of nitrogens with zero attached hydrogens (tertiary/aromatic N) is 3. The third kappa shape index (κ3) is 5.75. The number of hydrogen-bond donors (Lipinski definition) is 1. The highest BCUT2D eigenvalue weighted by atomic mass is 19.3. The Morgan fingerprint density at radius 1 is 1.28 bits per heavy atom. The third-order valence-electron chi connectivity index (χ3n) is 5.24. The van der Waals surface area contributed by atoms with E-state index in [0.29, 0.717) is 22.9 Å². The Hall–Kier alpha value is -2.71. The molecule has 1 aromatic heterocycles. The number of ether oxygens (including phenoxy) is 1. The van der Waals surface area contributed by atoms with E-state index in [0.717, 1.165) is 12.6 Å². The molecule has 1 atom stereocenters. The van der Waals surface area contributed by atoms with Gasteiger partial charge in [-0.25, -0.2) is 9.98 Å². The molecular weight excluding hydrogens is 419 g/mol. The lowest BCUT2D eigenvalue weighted by atomic mass is 9.78. The number of aromatic nitrogens is 1. The lowest BCUT2D eigenvalue weighted by Crippen LogP contribution is -2.46. The van der Waals surface area contributed by atoms with Crippen LogP contribution in [0.1, 0.15) is 36.1 Å². The number of methoxy groups -OCH3 is 1. The lowest BCUT2D eigenvalue weighted by molar-refractivity contribution is -0.156. The molecule has 32 heavy (non-hydrogen) atoms. The molecule has 0 fully saturated rings. The largest absolute Gasteiger partial charge is 0.380 e. The van der Waals surface area contributed by atoms with Crippen molar-refractivity contribution in [3.63, 3.8) is 0 Å². The highest BCUT2D eigenvalue weighted by molar-refractivity contribution is 5.64. The van der Waals surface area contributed by atoms with E-state index in [-0.39, 0.29) is 17.7 Å². The number of allylic oxidation sites excluding steroid dienone is 1. The fourth-order valence-electron chi connectivity index (χ4n) is 3.37. The van der Waals surface area contributed by atoms with Gasteiger partial charge in [0.05, 0.1) is 18.6 Å². The number of benzene rings is 1. The Morgan fingerprint density at radius 3 is 2.59 bits per heavy atom. The molecule has 0 aliphatic rings. The molecule has 8 heteroatoms. The summed E-state index contributed by atoms with van der Waals surface area (Å²) in [6.07, 6.45) is 4.14. The van der Waals surface area contributed by atoms with Crippen LogP contribution < -0.4 is 0 Å². The summed E-state index contributed by atoms with van der Waals surface area (Å²) in [6, 6.07) is 5.58. The summed E-state index contributed by atoms with van der Waals surface area (Å²) in [7, 11) is 3.31. The third-order valence-corrected chi connectivity index (χ3v) is 5.24. The van der Waals surface area contributed by atoms with E-state index in [1.165, 1.54) is 38.4 Å². The maximum Gasteiger partial charge on any atom is 0.298 e. The van der Waals surface area contributed by atoms with Crippen LogP contribution in [0, 0.1) is 12.9 Å². The fraction of sp³-hybridized carbons (Fsp3) is 0.417. The maximum absolute atomic E-state index is 15.4. The molecule has 0 radical (unpaired) electrons. The van der Waals surface area contributed by atoms with Gasteiger partial charge in [-0.3, -0.25) is 0 Å². The molecule has 0 saturated carbocycles. The van der Waals surface area contributed by atoms with Crippen LogP contribution in [0.5, 0.6) is 0 Å². The number of aliphatic imine (C=N–C) groups is 1. The van der Waals surface area contributed by atoms with E-state index in [1.807, 2.05) is 18.9 Å². The second-order valence-electron chi connectivity index (χ2n) is 7.69. The highest BCUT2D eigenvalue weighted by Crippen LogP contribution is 2.44. The van der Waals surface area contributed by atoms with Crippen LogP contribution in [0.4, 0.5) is 18.9 Å². The van der Waals surface area contributed by atoms with Crippen molar-refractivity contribution in [3.05, 3.63) is 70.8 Å². The van der Waals surface area contributed by atoms with E-state index in [9.17, 15) is 9.50 Å². The van der Waals surface area contributed by atoms with Gasteiger partial charge in [-0.15, -0.1) is 0 Å². The molecule has 5 nitrogen and oxygen atoms in total. The second-order valence-corrected chi connectivity index (χ2v) is 7.69. The summed E-state index contributed by atoms with van der Waals surface area (Å²) in [6.45, 7) is 5.90. The minimum atomic E-state index is -3.65. The van der Waals surface area contributed by atoms with Crippen molar-refractivity contribution in [2.45, 2.75) is 45.3 Å². The minimum absolute atomic E-state index is 0.0000310. The van der Waals surface area contributed by atoms with Crippen molar-refractivity contribution in [1.82, 2.24) is 9.88 Å². The van der Waals surface area contributed by atoms with Crippen LogP contribution in [0.15, 0.2) is 47.6 Å². The Morgan fingerprint density at radius 2 is 2.00 bits per heavy atom. The lowest BCUT2D eigenvalue weighted by Gasteiger charge is -2.36. The summed E-state index contributed by atoms with van der Waals surface area (Å²) in [5.41, 5.74) is -0.916. The van der Waals surface area contributed by atoms with E-state index in [1.54, 1.807) is 19.3 Å². The predicted octanol–water partition coefficient (Wildman–Crippen LogP) is 4.93. The number of aryl methyl sites for hydroxylation is 1. The highest BCUT2D eigenvalue weighted by Gasteiger charge is 2.53. The molecule has 2 rings (SSSR count). The summed E-state index contributed by atoms with van der Waals surface area (Å²) >= 11 is 0. The Balaban J connectivity index is 2.71. The van der Waals surface area contributed by atoms with Crippen molar-refractivity contribution in [2.24, 2.45) is 4.99 Å². The summed E-state index contributed by atoms with van der Waals surface area (Å²) in [5, 5.41) is 11.5. The van der Waals surface area contributed by atoms with Crippen molar-refractivity contribution in [3.8, 4) is 0 Å². The zero-order valence-corrected chi connectivity index (χ0v) is 19.1. The molecule has 0 saturated heterocycles. The van der Waals surface area contributed by atoms with Gasteiger partial charge in [0, 0.05) is 33.3 Å². The first-order chi connectivity index (χ1) is 15.1. The van der Waals surface area contributed by atoms with Gasteiger partial charge in [0.15, 0.2) is 5.60 Å². The molecule has 0 amide bonds. The first kappa shape index (κ1) is 25.5. The topological polar surface area (TPSA) is 58.0 Å². The number of pyridine rings is 1. The molecule has 0 aliphatic carbocycles. The Labute approximate surface area is 187 Å². The molecule has 1 N–H and O–H groups in total. The Kier molecular flexibility index (Phi) is 8.58. The standard InChI is InChI=1S/C24H30F3N3O2/c1-6-9-24(26,27)23(31,14-18-8-10-28-22(25)12-18)20-11-17(3)21(13-19(20)15-32-5)29-16-30(4)7-2/h6,8-13,16,31H,7,14-15H2,1-5H3/b9-6+,29-16+. The summed E-state index contributed by atoms with van der Waals surface area (Å²) < 4.78 is 49.6. The Bertz CT molecular complexity index is 979. The van der Waals surface area contributed by atoms with Gasteiger partial charge in [0.25, 0.3) is 5.92 Å². The van der Waals surface area contributed by atoms with Gasteiger partial charge in [-0.1, -0.05) is 12.1 Å². The van der Waals surface area contributed by atoms with Gasteiger partial charge in [-0.05, 0) is 67.3 Å². The molecule has 174 valence electrons. The first-order valence-corrected chi connectivity index (χ1v) is 10.3. The van der Waals surface area contributed by atoms with Crippen LogP contribution in [-0.2, 0) is 23.4 Å². The number of aliphatic hydroxyl groups is 1. The molecule has 2 aromatic rings. The predicted molar refractivity (Wildman–Crippen MR) is 120 cm³/mol. The van der Waals surface area contributed by atoms with Crippen molar-refractivity contribution in [2.75, 3.05) is 20.7 Å². The van der Waals surface area contributed by atoms with E-state index in [2.05, 4.69) is 9.98 Å². The SMILES string of the molecule is C/C=C/C(F)(F)C(O)(Cc1ccnc(F)c1)c1cc(C)c(/N=C/N(C)CC)cc1COC. The number of rotatable bonds is 10. The molecule has 0 spiro atoms. The molecule has 1 aromatic carbocycles. The maximum atomic E-state index is 15.4. The van der Waals surface area contributed by atoms with Gasteiger partial charge in [-0.2, -0.15) is 13.2 Å². The average Bonchev–Trinajstić information content (AvgIpc) is 2.73. The molecule has 1 heterocycles. The molecule has 0 aliphatic heterocycles. The number of alkyl halides is 2. The van der Waals surface area contributed by atoms with Gasteiger partial charge in [0.1, 0.15) is 0 Å². The van der Waals surface area contributed by atoms with Gasteiger partial charge >= 0.3 is 0 Å².